The molecule has 0 aliphatic carbocycles. The molecule has 368 valence electrons. The molecule has 0 spiro atoms. The van der Waals surface area contributed by atoms with Crippen molar-refractivity contribution in [1.29, 1.82) is 0 Å². The maximum Gasteiger partial charge on any atom is 1.00 e. The first-order chi connectivity index (χ1) is 33.2. The molecule has 0 amide bonds. The number of phenolic OH excluding ortho intramolecular Hbond substituents is 1. The van der Waals surface area contributed by atoms with Crippen LogP contribution in [0.15, 0.2) is 119 Å². The number of methoxy groups -OCH3 is 2. The summed E-state index contributed by atoms with van der Waals surface area (Å²) < 4.78 is 82.8. The molecule has 8 aromatic rings. The molecule has 19 nitrogen and oxygen atoms in total. The van der Waals surface area contributed by atoms with E-state index in [2.05, 4.69) is 70.2 Å². The second kappa shape index (κ2) is 30.8. The van der Waals surface area contributed by atoms with Crippen LogP contribution < -0.4 is 133 Å². The van der Waals surface area contributed by atoms with E-state index in [4.69, 9.17) is 52.6 Å². The zero-order valence-corrected chi connectivity index (χ0v) is 51.7. The minimum Gasteiger partial charge on any atom is -1.00 e. The summed E-state index contributed by atoms with van der Waals surface area (Å²) in [6.45, 7) is 4.48. The maximum absolute atomic E-state index is 12.0. The smallest absolute Gasteiger partial charge is 1.00 e. The average Bonchev–Trinajstić information content (AvgIpc) is 3.83. The molecule has 4 aromatic carbocycles. The van der Waals surface area contributed by atoms with Gasteiger partial charge in [0.05, 0.1) is 51.6 Å². The number of hydrogen-bond acceptors (Lipinski definition) is 15. The molecule has 0 radical (unpaired) electrons. The number of ether oxygens (including phenoxy) is 3. The molecule has 71 heavy (non-hydrogen) atoms. The van der Waals surface area contributed by atoms with Crippen LogP contribution in [0.3, 0.4) is 0 Å². The molecular weight excluding hydrogens is 1270 g/mol. The van der Waals surface area contributed by atoms with Crippen LogP contribution in [0.2, 0.25) is 5.02 Å². The second-order valence-corrected chi connectivity index (χ2v) is 19.4. The van der Waals surface area contributed by atoms with E-state index in [1.165, 1.54) is 18.2 Å². The molecule has 0 bridgehead atoms. The van der Waals surface area contributed by atoms with Gasteiger partial charge in [0, 0.05) is 18.5 Å². The van der Waals surface area contributed by atoms with E-state index in [1.807, 2.05) is 53.2 Å². The van der Waals surface area contributed by atoms with Gasteiger partial charge in [-0.15, -0.1) is 0 Å². The van der Waals surface area contributed by atoms with Crippen LogP contribution in [-0.2, 0) is 42.8 Å². The van der Waals surface area contributed by atoms with Crippen molar-refractivity contribution in [2.75, 3.05) is 21.4 Å². The van der Waals surface area contributed by atoms with E-state index in [9.17, 15) is 21.2 Å². The monoisotopic (exact) mass is 1310 g/mol. The number of hydrogen-bond donors (Lipinski definition) is 3. The van der Waals surface area contributed by atoms with Crippen LogP contribution in [0.1, 0.15) is 25.1 Å². The van der Waals surface area contributed by atoms with Gasteiger partial charge >= 0.3 is 103 Å². The molecule has 4 aromatic heterocycles. The molecule has 8 rings (SSSR count). The number of alkyl halides is 1. The summed E-state index contributed by atoms with van der Waals surface area (Å²) in [4.78, 5) is 19.8. The quantitative estimate of drug-likeness (QED) is 0.0537. The van der Waals surface area contributed by atoms with Gasteiger partial charge in [-0.05, 0) is 136 Å². The molecule has 0 fully saturated rings. The number of pyridine rings is 2. The van der Waals surface area contributed by atoms with Gasteiger partial charge in [-0.3, -0.25) is 9.18 Å². The Morgan fingerprint density at radius 3 is 1.61 bits per heavy atom. The average molecular weight is 1310 g/mol. The molecule has 0 aliphatic rings. The van der Waals surface area contributed by atoms with Gasteiger partial charge < -0.3 is 30.9 Å². The summed E-state index contributed by atoms with van der Waals surface area (Å²) in [7, 11) is -5.48. The number of halogens is 4. The molecule has 0 unspecified atom stereocenters. The van der Waals surface area contributed by atoms with E-state index in [0.29, 0.717) is 38.6 Å². The van der Waals surface area contributed by atoms with E-state index in [-0.39, 0.29) is 132 Å². The van der Waals surface area contributed by atoms with Gasteiger partial charge in [0.2, 0.25) is 20.0 Å². The summed E-state index contributed by atoms with van der Waals surface area (Å²) in [6.07, 6.45) is 3.30. The van der Waals surface area contributed by atoms with Crippen LogP contribution in [0.4, 0.5) is 4.39 Å². The number of fused-ring (bicyclic) bond motifs is 2. The van der Waals surface area contributed by atoms with Gasteiger partial charge in [0.15, 0.2) is 11.3 Å². The minimum atomic E-state index is -3.95. The van der Waals surface area contributed by atoms with Crippen molar-refractivity contribution in [1.82, 2.24) is 29.5 Å². The molecule has 27 heteroatoms. The molecule has 5 N–H and O–H groups in total. The van der Waals surface area contributed by atoms with Crippen molar-refractivity contribution < 1.29 is 161 Å². The number of phenols is 1. The van der Waals surface area contributed by atoms with Gasteiger partial charge in [-0.25, -0.2) is 46.4 Å². The van der Waals surface area contributed by atoms with Crippen LogP contribution in [0.25, 0.3) is 22.1 Å². The predicted octanol–water partition coefficient (Wildman–Crippen LogP) is 1.08. The van der Waals surface area contributed by atoms with E-state index in [1.54, 1.807) is 75.5 Å². The number of benzene rings is 4. The fraction of sp³-hybridized carbons (Fsp3) is 0.159. The summed E-state index contributed by atoms with van der Waals surface area (Å²) in [6, 6.07) is 28.1. The van der Waals surface area contributed by atoms with Crippen LogP contribution in [-0.4, -0.2) is 79.3 Å². The third-order valence-electron chi connectivity index (χ3n) is 9.16. The number of carbonyl (C=O) groups excluding carboxylic acids is 1. The first kappa shape index (κ1) is 62.8. The third kappa shape index (κ3) is 18.7. The van der Waals surface area contributed by atoms with Crippen LogP contribution in [0.5, 0.6) is 28.7 Å². The number of nitrogens with two attached hydrogens (primary N) is 2. The Labute approximate surface area is 529 Å². The van der Waals surface area contributed by atoms with Gasteiger partial charge in [0.25, 0.3) is 6.47 Å². The van der Waals surface area contributed by atoms with E-state index < -0.39 is 27.2 Å². The minimum absolute atomic E-state index is 0. The number of sulfonamides is 2. The van der Waals surface area contributed by atoms with Crippen molar-refractivity contribution >= 4 is 105 Å². The molecule has 0 aliphatic heterocycles. The van der Waals surface area contributed by atoms with Crippen LogP contribution >= 0.6 is 56.8 Å². The Morgan fingerprint density at radius 2 is 1.17 bits per heavy atom. The Balaban J connectivity index is 0.000000545. The normalized spacial score (nSPS) is 10.7. The Kier molecular flexibility index (Phi) is 27.2. The number of aryl methyl sites for hydroxylation is 2. The predicted molar refractivity (Wildman–Crippen MR) is 272 cm³/mol. The largest absolute Gasteiger partial charge is 1.00 e. The maximum atomic E-state index is 12.0. The van der Waals surface area contributed by atoms with Crippen molar-refractivity contribution in [3.05, 3.63) is 144 Å². The topological polar surface area (TPSA) is 279 Å². The molecule has 0 atom stereocenters. The molecular formula is C44H44ClFI2K2N8O11S2. The van der Waals surface area contributed by atoms with Gasteiger partial charge in [-0.2, -0.15) is 10.2 Å². The third-order valence-corrected chi connectivity index (χ3v) is 12.9. The number of carbonyl (C=O) groups is 1. The second-order valence-electron chi connectivity index (χ2n) is 13.9. The van der Waals surface area contributed by atoms with E-state index in [0.717, 1.165) is 48.5 Å². The van der Waals surface area contributed by atoms with Gasteiger partial charge in [-0.1, -0.05) is 48.0 Å². The van der Waals surface area contributed by atoms with Crippen molar-refractivity contribution in [2.45, 2.75) is 36.7 Å². The fourth-order valence-corrected chi connectivity index (χ4v) is 9.45. The summed E-state index contributed by atoms with van der Waals surface area (Å²) in [5.74, 6) is 1.91. The van der Waals surface area contributed by atoms with Crippen molar-refractivity contribution in [3.63, 3.8) is 0 Å². The molecule has 0 saturated carbocycles. The van der Waals surface area contributed by atoms with Crippen molar-refractivity contribution in [2.24, 2.45) is 10.3 Å². The zero-order valence-electron chi connectivity index (χ0n) is 40.8. The standard InChI is InChI=1S/C21H19IN4O4S.C14H11ClIN3O.C7H9NO3S.CH3F.CH2O3.2K.H/c1-13-3-8-16(18(11-13)31(23,27)28)30-17-9-10-24-21-19(17)20(22)25-26(21)12-14-4-6-15(29-2)7-5-14;1-20-10-4-2-9(3-5-10)8-19-14-12(13(16)18-19)11(15)6-7-17-14;1-5-2-3-6(9)7(4-5)12(8,10)11;1-2;2-1-4-3;;;/h3-11H,12H2,1-2H3,(H2,23,27,28);2-7H,8H2,1H3;2-4,9H,1H3,(H2,8,10,11);1H3;1,3H;;;/q;;;;;2*+1;-1/p-1/i;;;1D;;;;. The Morgan fingerprint density at radius 1 is 0.746 bits per heavy atom. The fourth-order valence-electron chi connectivity index (χ4n) is 6.05. The number of nitrogens with zero attached hydrogens (tertiary/aromatic N) is 6. The van der Waals surface area contributed by atoms with Crippen LogP contribution in [0, 0.1) is 21.2 Å². The Bertz CT molecular complexity index is 3290. The Hall–Kier alpha value is -2.48. The number of rotatable bonds is 11. The first-order valence-electron chi connectivity index (χ1n) is 20.0. The summed E-state index contributed by atoms with van der Waals surface area (Å²) >= 11 is 10.5. The summed E-state index contributed by atoms with van der Waals surface area (Å²) in [5.41, 5.74) is 5.09. The van der Waals surface area contributed by atoms with Crippen molar-refractivity contribution in [3.8, 4) is 28.7 Å². The first-order valence-corrected chi connectivity index (χ1v) is 25.0. The molecule has 4 heterocycles. The van der Waals surface area contributed by atoms with Gasteiger partial charge in [0.1, 0.15) is 45.9 Å². The SMILES string of the molecule is COc1ccc(Cn2nc(I)c3c(Cl)ccnc32)cc1.COc1ccc(Cn2nc(I)c3c(Oc4ccc(C)cc4S(N)(=O)=O)ccnc32)cc1.Cc1ccc(O)c(S(N)(=O)=O)c1.O=CO[O-].[2H]CF.[H-].[K+].[K+]. The summed E-state index contributed by atoms with van der Waals surface area (Å²) in [5, 5.41) is 39.2. The van der Waals surface area contributed by atoms with E-state index >= 15 is 0 Å². The number of aromatic nitrogens is 6. The zero-order chi connectivity index (χ0) is 51.8. The number of aromatic hydroxyl groups is 1. The number of primary sulfonamides is 2. The molecule has 0 saturated heterocycles.